The zero-order valence-corrected chi connectivity index (χ0v) is 12.0. The Labute approximate surface area is 122 Å². The van der Waals surface area contributed by atoms with E-state index in [-0.39, 0.29) is 0 Å². The van der Waals surface area contributed by atoms with Gasteiger partial charge in [0.2, 0.25) is 5.91 Å². The molecule has 0 radical (unpaired) electrons. The molecule has 1 rings (SSSR count). The molecule has 1 fully saturated rings. The van der Waals surface area contributed by atoms with Crippen molar-refractivity contribution in [3.63, 3.8) is 0 Å². The summed E-state index contributed by atoms with van der Waals surface area (Å²) >= 11 is 0.369. The number of carboxylic acids is 1. The summed E-state index contributed by atoms with van der Waals surface area (Å²) in [4.78, 5) is 34.4. The van der Waals surface area contributed by atoms with Gasteiger partial charge in [-0.25, -0.2) is 4.79 Å². The van der Waals surface area contributed by atoms with Gasteiger partial charge < -0.3 is 14.7 Å². The normalized spacial score (nSPS) is 24.0. The van der Waals surface area contributed by atoms with Gasteiger partial charge in [0.05, 0.1) is 6.10 Å². The molecule has 0 aromatic heterocycles. The van der Waals surface area contributed by atoms with E-state index in [2.05, 4.69) is 0 Å². The summed E-state index contributed by atoms with van der Waals surface area (Å²) in [6.07, 6.45) is -5.77. The Morgan fingerprint density at radius 2 is 2.00 bits per heavy atom. The summed E-state index contributed by atoms with van der Waals surface area (Å²) < 4.78 is 43.7. The van der Waals surface area contributed by atoms with E-state index in [0.717, 1.165) is 6.92 Å². The maximum atomic E-state index is 12.9. The number of halogens is 3. The Bertz CT molecular complexity index is 442. The Morgan fingerprint density at radius 3 is 2.43 bits per heavy atom. The molecule has 0 aliphatic carbocycles. The topological polar surface area (TPSA) is 83.9 Å². The molecule has 120 valence electrons. The number of rotatable bonds is 4. The molecule has 0 saturated carbocycles. The number of carboxylic acid groups (broad SMARTS) is 1. The zero-order chi connectivity index (χ0) is 16.4. The number of hydrogen-bond donors (Lipinski definition) is 1. The molecule has 0 aromatic rings. The van der Waals surface area contributed by atoms with Crippen molar-refractivity contribution in [2.45, 2.75) is 32.2 Å². The highest BCUT2D eigenvalue weighted by Crippen LogP contribution is 2.33. The maximum Gasteiger partial charge on any atom is 0.401 e. The van der Waals surface area contributed by atoms with Crippen LogP contribution in [0.2, 0.25) is 0 Å². The van der Waals surface area contributed by atoms with Gasteiger partial charge in [0.25, 0.3) is 0 Å². The van der Waals surface area contributed by atoms with Crippen LogP contribution in [-0.2, 0) is 19.1 Å². The fourth-order valence-corrected chi connectivity index (χ4v) is 2.60. The molecule has 21 heavy (non-hydrogen) atoms. The quantitative estimate of drug-likeness (QED) is 0.832. The second-order valence-electron chi connectivity index (χ2n) is 4.49. The lowest BCUT2D eigenvalue weighted by molar-refractivity contribution is -0.186. The van der Waals surface area contributed by atoms with Gasteiger partial charge in [-0.3, -0.25) is 9.59 Å². The van der Waals surface area contributed by atoms with E-state index >= 15 is 0 Å². The number of thioether (sulfide) groups is 1. The van der Waals surface area contributed by atoms with Crippen molar-refractivity contribution in [3.8, 4) is 0 Å². The minimum atomic E-state index is -4.87. The van der Waals surface area contributed by atoms with Gasteiger partial charge in [-0.1, -0.05) is 11.8 Å². The maximum absolute atomic E-state index is 12.9. The Hall–Kier alpha value is -1.29. The van der Waals surface area contributed by atoms with Crippen molar-refractivity contribution in [2.75, 3.05) is 12.5 Å². The van der Waals surface area contributed by atoms with Crippen LogP contribution in [-0.4, -0.2) is 57.8 Å². The number of ether oxygens (including phenoxy) is 1. The van der Waals surface area contributed by atoms with Crippen molar-refractivity contribution in [1.82, 2.24) is 4.90 Å². The minimum Gasteiger partial charge on any atom is -0.480 e. The molecule has 1 unspecified atom stereocenters. The van der Waals surface area contributed by atoms with Crippen LogP contribution in [0.3, 0.4) is 0 Å². The first-order valence-corrected chi connectivity index (χ1v) is 6.89. The minimum absolute atomic E-state index is 0.369. The van der Waals surface area contributed by atoms with Crippen LogP contribution in [0, 0.1) is 5.92 Å². The van der Waals surface area contributed by atoms with Crippen molar-refractivity contribution < 1.29 is 37.4 Å². The predicted molar refractivity (Wildman–Crippen MR) is 66.4 cm³/mol. The molecule has 6 nitrogen and oxygen atoms in total. The van der Waals surface area contributed by atoms with Gasteiger partial charge in [-0.05, 0) is 6.92 Å². The Morgan fingerprint density at radius 1 is 1.43 bits per heavy atom. The first kappa shape index (κ1) is 17.8. The largest absolute Gasteiger partial charge is 0.480 e. The van der Waals surface area contributed by atoms with E-state index in [4.69, 9.17) is 9.84 Å². The highest BCUT2D eigenvalue weighted by atomic mass is 32.2. The van der Waals surface area contributed by atoms with Crippen LogP contribution in [0.1, 0.15) is 13.8 Å². The first-order valence-electron chi connectivity index (χ1n) is 5.90. The van der Waals surface area contributed by atoms with Gasteiger partial charge in [0.15, 0.2) is 11.2 Å². The van der Waals surface area contributed by atoms with Crippen LogP contribution in [0.25, 0.3) is 0 Å². The van der Waals surface area contributed by atoms with Crippen molar-refractivity contribution >= 4 is 28.8 Å². The van der Waals surface area contributed by atoms with E-state index in [9.17, 15) is 27.6 Å². The van der Waals surface area contributed by atoms with Gasteiger partial charge in [0.1, 0.15) is 12.6 Å². The highest BCUT2D eigenvalue weighted by molar-refractivity contribution is 8.13. The lowest BCUT2D eigenvalue weighted by atomic mass is 10.1. The standard InChI is InChI=1S/C11H14F3NO5S/c1-5-8(10(18)19)15(4-20-5)9(17)7(11(12,13)14)3-21-6(2)16/h5,7-8H,3-4H2,1-2H3,(H,18,19)/t5-,7?,8+/m1/s1. The van der Waals surface area contributed by atoms with Crippen LogP contribution in [0.5, 0.6) is 0 Å². The van der Waals surface area contributed by atoms with E-state index in [0.29, 0.717) is 16.7 Å². The van der Waals surface area contributed by atoms with Crippen molar-refractivity contribution in [2.24, 2.45) is 5.92 Å². The fourth-order valence-electron chi connectivity index (χ4n) is 1.86. The van der Waals surface area contributed by atoms with Crippen molar-refractivity contribution in [1.29, 1.82) is 0 Å². The number of hydrogen-bond acceptors (Lipinski definition) is 5. The molecular weight excluding hydrogens is 315 g/mol. The molecule has 1 aliphatic heterocycles. The number of aliphatic carboxylic acids is 1. The lowest BCUT2D eigenvalue weighted by Gasteiger charge is -2.26. The monoisotopic (exact) mass is 329 g/mol. The van der Waals surface area contributed by atoms with Gasteiger partial charge >= 0.3 is 12.1 Å². The molecule has 1 aliphatic rings. The molecule has 1 heterocycles. The molecule has 3 atom stereocenters. The second-order valence-corrected chi connectivity index (χ2v) is 5.69. The predicted octanol–water partition coefficient (Wildman–Crippen LogP) is 1.10. The lowest BCUT2D eigenvalue weighted by Crippen LogP contribution is -2.50. The number of nitrogens with zero attached hydrogens (tertiary/aromatic N) is 1. The number of amides is 1. The molecule has 1 N–H and O–H groups in total. The van der Waals surface area contributed by atoms with Gasteiger partial charge in [-0.2, -0.15) is 13.2 Å². The number of alkyl halides is 3. The van der Waals surface area contributed by atoms with Gasteiger partial charge in [-0.15, -0.1) is 0 Å². The van der Waals surface area contributed by atoms with Gasteiger partial charge in [0, 0.05) is 12.7 Å². The van der Waals surface area contributed by atoms with Crippen molar-refractivity contribution in [3.05, 3.63) is 0 Å². The molecule has 1 amide bonds. The molecule has 0 bridgehead atoms. The molecular formula is C11H14F3NO5S. The number of carbonyl (C=O) groups is 3. The second kappa shape index (κ2) is 6.65. The summed E-state index contributed by atoms with van der Waals surface area (Å²) in [6, 6.07) is -1.47. The van der Waals surface area contributed by atoms with Crippen LogP contribution in [0.15, 0.2) is 0 Å². The smallest absolute Gasteiger partial charge is 0.401 e. The summed E-state index contributed by atoms with van der Waals surface area (Å²) in [5.74, 6) is -6.06. The third kappa shape index (κ3) is 4.34. The Kier molecular flexibility index (Phi) is 5.62. The summed E-state index contributed by atoms with van der Waals surface area (Å²) in [7, 11) is 0. The highest BCUT2D eigenvalue weighted by Gasteiger charge is 2.51. The third-order valence-corrected chi connectivity index (χ3v) is 3.85. The van der Waals surface area contributed by atoms with E-state index in [1.165, 1.54) is 6.92 Å². The average molecular weight is 329 g/mol. The Balaban J connectivity index is 2.94. The summed E-state index contributed by atoms with van der Waals surface area (Å²) in [5.41, 5.74) is 0. The van der Waals surface area contributed by atoms with Crippen LogP contribution >= 0.6 is 11.8 Å². The first-order chi connectivity index (χ1) is 9.55. The van der Waals surface area contributed by atoms with E-state index in [1.54, 1.807) is 0 Å². The van der Waals surface area contributed by atoms with E-state index in [1.807, 2.05) is 0 Å². The average Bonchev–Trinajstić information content (AvgIpc) is 2.68. The molecule has 10 heteroatoms. The fraction of sp³-hybridized carbons (Fsp3) is 0.727. The SMILES string of the molecule is CC(=O)SCC(C(=O)N1CO[C@H](C)[C@H]1C(=O)O)C(F)(F)F. The summed E-state index contributed by atoms with van der Waals surface area (Å²) in [5, 5.41) is 8.43. The molecule has 0 aromatic carbocycles. The van der Waals surface area contributed by atoms with Crippen LogP contribution < -0.4 is 0 Å². The molecule has 0 spiro atoms. The number of carbonyl (C=O) groups excluding carboxylic acids is 2. The summed E-state index contributed by atoms with van der Waals surface area (Å²) in [6.45, 7) is 1.93. The molecule has 1 saturated heterocycles. The van der Waals surface area contributed by atoms with Crippen LogP contribution in [0.4, 0.5) is 13.2 Å². The van der Waals surface area contributed by atoms with E-state index < -0.39 is 53.7 Å². The zero-order valence-electron chi connectivity index (χ0n) is 11.2. The third-order valence-electron chi connectivity index (χ3n) is 2.94.